The topological polar surface area (TPSA) is 66.8 Å². The van der Waals surface area contributed by atoms with E-state index in [0.29, 0.717) is 6.61 Å². The predicted octanol–water partition coefficient (Wildman–Crippen LogP) is 0.286. The maximum absolute atomic E-state index is 11.5. The summed E-state index contributed by atoms with van der Waals surface area (Å²) in [6, 6.07) is 0. The van der Waals surface area contributed by atoms with E-state index < -0.39 is 7.37 Å². The Morgan fingerprint density at radius 2 is 1.73 bits per heavy atom. The Hall–Kier alpha value is 0.110. The van der Waals surface area contributed by atoms with Crippen molar-refractivity contribution < 1.29 is 19.3 Å². The highest BCUT2D eigenvalue weighted by Crippen LogP contribution is 2.45. The van der Waals surface area contributed by atoms with Crippen LogP contribution in [0.15, 0.2) is 0 Å². The third-order valence-electron chi connectivity index (χ3n) is 1.25. The van der Waals surface area contributed by atoms with Crippen molar-refractivity contribution in [3.63, 3.8) is 0 Å². The molecule has 0 amide bonds. The lowest BCUT2D eigenvalue weighted by molar-refractivity contribution is 0.281. The summed E-state index contributed by atoms with van der Waals surface area (Å²) in [5.74, 6) is 0. The number of hydrogen-bond acceptors (Lipinski definition) is 4. The predicted molar refractivity (Wildman–Crippen MR) is 43.1 cm³/mol. The lowest BCUT2D eigenvalue weighted by Gasteiger charge is -2.14. The lowest BCUT2D eigenvalue weighted by Crippen LogP contribution is -2.05. The number of aliphatic hydroxyl groups excluding tert-OH is 2. The first kappa shape index (κ1) is 11.1. The van der Waals surface area contributed by atoms with Gasteiger partial charge < -0.3 is 14.7 Å². The van der Waals surface area contributed by atoms with Crippen LogP contribution < -0.4 is 0 Å². The normalized spacial score (nSPS) is 11.9. The molecule has 0 heterocycles. The van der Waals surface area contributed by atoms with Crippen LogP contribution in [-0.4, -0.2) is 42.4 Å². The largest absolute Gasteiger partial charge is 0.396 e. The number of hydrogen-bond donors (Lipinski definition) is 2. The van der Waals surface area contributed by atoms with Crippen molar-refractivity contribution in [1.29, 1.82) is 0 Å². The second-order valence-corrected chi connectivity index (χ2v) is 4.91. The molecular weight excluding hydrogens is 167 g/mol. The fourth-order valence-corrected chi connectivity index (χ4v) is 2.34. The van der Waals surface area contributed by atoms with Crippen LogP contribution >= 0.6 is 7.37 Å². The summed E-state index contributed by atoms with van der Waals surface area (Å²) >= 11 is 0. The van der Waals surface area contributed by atoms with Gasteiger partial charge in [0.1, 0.15) is 0 Å². The maximum atomic E-state index is 11.5. The Morgan fingerprint density at radius 1 is 1.27 bits per heavy atom. The fraction of sp³-hybridized carbons (Fsp3) is 1.00. The quantitative estimate of drug-likeness (QED) is 0.579. The van der Waals surface area contributed by atoms with Crippen molar-refractivity contribution in [2.45, 2.75) is 6.92 Å². The van der Waals surface area contributed by atoms with E-state index in [1.54, 1.807) is 6.92 Å². The Morgan fingerprint density at radius 3 is 2.00 bits per heavy atom. The molecule has 68 valence electrons. The van der Waals surface area contributed by atoms with Crippen molar-refractivity contribution >= 4 is 7.37 Å². The van der Waals surface area contributed by atoms with E-state index in [9.17, 15) is 4.57 Å². The Bertz CT molecular complexity index is 113. The Kier molecular flexibility index (Phi) is 5.78. The van der Waals surface area contributed by atoms with Crippen molar-refractivity contribution in [1.82, 2.24) is 0 Å². The van der Waals surface area contributed by atoms with Gasteiger partial charge in [0.25, 0.3) is 0 Å². The van der Waals surface area contributed by atoms with E-state index in [1.165, 1.54) is 0 Å². The smallest absolute Gasteiger partial charge is 0.207 e. The molecule has 0 aromatic rings. The van der Waals surface area contributed by atoms with Crippen LogP contribution in [0.1, 0.15) is 6.92 Å². The molecule has 0 aliphatic heterocycles. The second-order valence-electron chi connectivity index (χ2n) is 2.13. The van der Waals surface area contributed by atoms with Crippen molar-refractivity contribution in [3.05, 3.63) is 0 Å². The van der Waals surface area contributed by atoms with Crippen molar-refractivity contribution in [2.75, 3.05) is 32.1 Å². The molecule has 0 unspecified atom stereocenters. The highest BCUT2D eigenvalue weighted by atomic mass is 31.2. The molecule has 5 heteroatoms. The molecule has 0 bridgehead atoms. The van der Waals surface area contributed by atoms with Crippen LogP contribution in [0.3, 0.4) is 0 Å². The van der Waals surface area contributed by atoms with Crippen molar-refractivity contribution in [2.24, 2.45) is 0 Å². The molecule has 0 aliphatic carbocycles. The first-order valence-electron chi connectivity index (χ1n) is 3.63. The number of aliphatic hydroxyl groups is 2. The summed E-state index contributed by atoms with van der Waals surface area (Å²) in [6.07, 6.45) is 0.281. The Labute approximate surface area is 66.6 Å². The van der Waals surface area contributed by atoms with Gasteiger partial charge in [-0.2, -0.15) is 0 Å². The van der Waals surface area contributed by atoms with Gasteiger partial charge in [-0.3, -0.25) is 4.57 Å². The summed E-state index contributed by atoms with van der Waals surface area (Å²) in [7, 11) is -2.72. The van der Waals surface area contributed by atoms with E-state index in [1.807, 2.05) is 0 Å². The van der Waals surface area contributed by atoms with Gasteiger partial charge in [0.15, 0.2) is 0 Å². The average molecular weight is 182 g/mol. The molecule has 0 spiro atoms. The van der Waals surface area contributed by atoms with E-state index in [4.69, 9.17) is 14.7 Å². The molecule has 0 saturated carbocycles. The molecule has 0 atom stereocenters. The fourth-order valence-electron chi connectivity index (χ4n) is 0.781. The summed E-state index contributed by atoms with van der Waals surface area (Å²) in [4.78, 5) is 0. The SMILES string of the molecule is CCOP(=O)(CCO)CCO. The van der Waals surface area contributed by atoms with Gasteiger partial charge in [-0.15, -0.1) is 0 Å². The van der Waals surface area contributed by atoms with Crippen LogP contribution in [0, 0.1) is 0 Å². The summed E-state index contributed by atoms with van der Waals surface area (Å²) in [5.41, 5.74) is 0. The molecule has 0 radical (unpaired) electrons. The van der Waals surface area contributed by atoms with Crippen molar-refractivity contribution in [3.8, 4) is 0 Å². The van der Waals surface area contributed by atoms with E-state index in [2.05, 4.69) is 0 Å². The molecule has 2 N–H and O–H groups in total. The summed E-state index contributed by atoms with van der Waals surface area (Å²) < 4.78 is 16.4. The van der Waals surface area contributed by atoms with Crippen LogP contribution in [-0.2, 0) is 9.09 Å². The van der Waals surface area contributed by atoms with E-state index >= 15 is 0 Å². The van der Waals surface area contributed by atoms with Gasteiger partial charge in [0, 0.05) is 12.3 Å². The molecule has 0 aliphatic rings. The van der Waals surface area contributed by atoms with Gasteiger partial charge >= 0.3 is 0 Å². The third-order valence-corrected chi connectivity index (χ3v) is 3.74. The molecule has 0 aromatic carbocycles. The molecule has 4 nitrogen and oxygen atoms in total. The first-order valence-corrected chi connectivity index (χ1v) is 5.62. The van der Waals surface area contributed by atoms with Gasteiger partial charge in [-0.1, -0.05) is 0 Å². The minimum atomic E-state index is -2.72. The second kappa shape index (κ2) is 5.72. The molecule has 0 saturated heterocycles. The highest BCUT2D eigenvalue weighted by Gasteiger charge is 2.20. The highest BCUT2D eigenvalue weighted by molar-refractivity contribution is 7.59. The third kappa shape index (κ3) is 4.53. The molecular formula is C6H15O4P. The molecule has 0 aromatic heterocycles. The minimum Gasteiger partial charge on any atom is -0.396 e. The minimum absolute atomic E-state index is 0.140. The van der Waals surface area contributed by atoms with Gasteiger partial charge in [0.2, 0.25) is 7.37 Å². The summed E-state index contributed by atoms with van der Waals surface area (Å²) in [6.45, 7) is 1.78. The van der Waals surface area contributed by atoms with Gasteiger partial charge in [-0.05, 0) is 6.92 Å². The van der Waals surface area contributed by atoms with Gasteiger partial charge in [-0.25, -0.2) is 0 Å². The van der Waals surface area contributed by atoms with Crippen LogP contribution in [0.25, 0.3) is 0 Å². The Balaban J connectivity index is 3.91. The van der Waals surface area contributed by atoms with E-state index in [0.717, 1.165) is 0 Å². The molecule has 11 heavy (non-hydrogen) atoms. The maximum Gasteiger partial charge on any atom is 0.207 e. The zero-order valence-electron chi connectivity index (χ0n) is 6.69. The standard InChI is InChI=1S/C6H15O4P/c1-2-10-11(9,5-3-7)6-4-8/h7-8H,2-6H2,1H3. The zero-order chi connectivity index (χ0) is 8.74. The van der Waals surface area contributed by atoms with Crippen LogP contribution in [0.5, 0.6) is 0 Å². The lowest BCUT2D eigenvalue weighted by atomic mass is 10.9. The van der Waals surface area contributed by atoms with Crippen LogP contribution in [0.2, 0.25) is 0 Å². The van der Waals surface area contributed by atoms with E-state index in [-0.39, 0.29) is 25.5 Å². The molecule has 0 rings (SSSR count). The molecule has 0 fully saturated rings. The average Bonchev–Trinajstić information content (AvgIpc) is 1.88. The monoisotopic (exact) mass is 182 g/mol. The summed E-state index contributed by atoms with van der Waals surface area (Å²) in [5, 5.41) is 17.0. The van der Waals surface area contributed by atoms with Gasteiger partial charge in [0.05, 0.1) is 19.8 Å². The van der Waals surface area contributed by atoms with Crippen LogP contribution in [0.4, 0.5) is 0 Å². The zero-order valence-corrected chi connectivity index (χ0v) is 7.59. The number of rotatable bonds is 6. The first-order chi connectivity index (χ1) is 5.18.